The summed E-state index contributed by atoms with van der Waals surface area (Å²) in [6.45, 7) is 7.75. The van der Waals surface area contributed by atoms with Crippen LogP contribution in [0.15, 0.2) is 36.4 Å². The van der Waals surface area contributed by atoms with Gasteiger partial charge in [-0.15, -0.1) is 0 Å². The average Bonchev–Trinajstić information content (AvgIpc) is 2.84. The van der Waals surface area contributed by atoms with Gasteiger partial charge in [-0.2, -0.15) is 26.3 Å². The third-order valence-electron chi connectivity index (χ3n) is 6.72. The molecule has 1 amide bonds. The normalized spacial score (nSPS) is 15.8. The number of alkyl halides is 6. The van der Waals surface area contributed by atoms with Crippen molar-refractivity contribution in [2.75, 3.05) is 7.11 Å². The van der Waals surface area contributed by atoms with Gasteiger partial charge in [-0.05, 0) is 59.7 Å². The van der Waals surface area contributed by atoms with Gasteiger partial charge in [0.15, 0.2) is 5.69 Å². The van der Waals surface area contributed by atoms with Gasteiger partial charge in [0.05, 0.1) is 18.2 Å². The van der Waals surface area contributed by atoms with Crippen LogP contribution in [0.25, 0.3) is 4.85 Å². The van der Waals surface area contributed by atoms with Crippen molar-refractivity contribution < 1.29 is 35.9 Å². The van der Waals surface area contributed by atoms with Crippen LogP contribution in [-0.4, -0.2) is 17.9 Å². The van der Waals surface area contributed by atoms with E-state index in [1.165, 1.54) is 31.1 Å². The van der Waals surface area contributed by atoms with E-state index in [9.17, 15) is 31.1 Å². The molecule has 1 atom stereocenters. The van der Waals surface area contributed by atoms with Crippen molar-refractivity contribution >= 4 is 11.6 Å². The summed E-state index contributed by atoms with van der Waals surface area (Å²) in [4.78, 5) is 16.8. The molecule has 3 rings (SSSR count). The Morgan fingerprint density at radius 2 is 1.65 bits per heavy atom. The van der Waals surface area contributed by atoms with Crippen molar-refractivity contribution in [3.05, 3.63) is 75.6 Å². The van der Waals surface area contributed by atoms with Crippen molar-refractivity contribution in [1.82, 2.24) is 4.90 Å². The molecule has 1 aliphatic rings. The molecule has 0 aliphatic heterocycles. The Morgan fingerprint density at radius 1 is 1.00 bits per heavy atom. The van der Waals surface area contributed by atoms with Crippen LogP contribution in [0.3, 0.4) is 0 Å². The van der Waals surface area contributed by atoms with Crippen molar-refractivity contribution in [2.24, 2.45) is 5.92 Å². The van der Waals surface area contributed by atoms with E-state index in [4.69, 9.17) is 11.3 Å². The number of nitrogens with zero attached hydrogens (tertiary/aromatic N) is 2. The fourth-order valence-electron chi connectivity index (χ4n) is 4.90. The number of rotatable bonds is 7. The fraction of sp³-hybridized carbons (Fsp3) is 0.481. The number of ether oxygens (including phenoxy) is 1. The summed E-state index contributed by atoms with van der Waals surface area (Å²) in [5.74, 6) is -0.429. The molecule has 10 heteroatoms. The molecule has 0 N–H and O–H groups in total. The molecule has 2 aromatic carbocycles. The van der Waals surface area contributed by atoms with Gasteiger partial charge in [0.2, 0.25) is 5.91 Å². The number of carbonyl (C=O) groups is 1. The Morgan fingerprint density at radius 3 is 2.19 bits per heavy atom. The van der Waals surface area contributed by atoms with Crippen molar-refractivity contribution in [3.63, 3.8) is 0 Å². The average molecular weight is 527 g/mol. The van der Waals surface area contributed by atoms with Crippen LogP contribution < -0.4 is 0 Å². The summed E-state index contributed by atoms with van der Waals surface area (Å²) in [5.41, 5.74) is -1.36. The Balaban J connectivity index is 2.02. The highest BCUT2D eigenvalue weighted by Crippen LogP contribution is 2.40. The summed E-state index contributed by atoms with van der Waals surface area (Å²) in [5, 5.41) is 0. The zero-order chi connectivity index (χ0) is 27.4. The van der Waals surface area contributed by atoms with Crippen molar-refractivity contribution in [2.45, 2.75) is 70.6 Å². The van der Waals surface area contributed by atoms with E-state index in [0.717, 1.165) is 50.3 Å². The molecule has 1 fully saturated rings. The molecule has 0 aromatic heterocycles. The van der Waals surface area contributed by atoms with Gasteiger partial charge >= 0.3 is 12.4 Å². The summed E-state index contributed by atoms with van der Waals surface area (Å²) < 4.78 is 86.5. The van der Waals surface area contributed by atoms with Crippen molar-refractivity contribution in [1.29, 1.82) is 0 Å². The Hall–Kier alpha value is -3.06. The fourth-order valence-corrected chi connectivity index (χ4v) is 4.90. The van der Waals surface area contributed by atoms with Crippen LogP contribution in [0.2, 0.25) is 0 Å². The van der Waals surface area contributed by atoms with E-state index < -0.39 is 35.5 Å². The van der Waals surface area contributed by atoms with Gasteiger partial charge in [-0.1, -0.05) is 31.4 Å². The number of hydrogen-bond donors (Lipinski definition) is 0. The van der Waals surface area contributed by atoms with Gasteiger partial charge in [0.1, 0.15) is 0 Å². The van der Waals surface area contributed by atoms with E-state index in [-0.39, 0.29) is 35.8 Å². The molecule has 0 saturated heterocycles. The second-order valence-corrected chi connectivity index (χ2v) is 9.34. The molecule has 1 unspecified atom stereocenters. The Kier molecular flexibility index (Phi) is 8.90. The van der Waals surface area contributed by atoms with Crippen LogP contribution in [0.5, 0.6) is 0 Å². The molecule has 0 bridgehead atoms. The van der Waals surface area contributed by atoms with E-state index in [1.54, 1.807) is 0 Å². The maximum Gasteiger partial charge on any atom is 0.416 e. The smallest absolute Gasteiger partial charge is 0.376 e. The molecule has 4 nitrogen and oxygen atoms in total. The molecule has 2 aromatic rings. The summed E-state index contributed by atoms with van der Waals surface area (Å²) in [6.07, 6.45) is -5.03. The predicted molar refractivity (Wildman–Crippen MR) is 125 cm³/mol. The van der Waals surface area contributed by atoms with E-state index in [1.807, 2.05) is 0 Å². The third-order valence-corrected chi connectivity index (χ3v) is 6.72. The summed E-state index contributed by atoms with van der Waals surface area (Å²) in [6, 6.07) is 6.15. The number of amides is 1. The van der Waals surface area contributed by atoms with Crippen LogP contribution >= 0.6 is 0 Å². The van der Waals surface area contributed by atoms with Gasteiger partial charge < -0.3 is 9.64 Å². The first-order valence-corrected chi connectivity index (χ1v) is 11.9. The SMILES string of the molecule is [C-]#[N+]c1cc(CN(Cc2cc(C(F)(F)F)ccc2C(OC)C2CCCCC2)C(C)=O)cc(C(F)(F)F)c1. The first-order chi connectivity index (χ1) is 17.3. The van der Waals surface area contributed by atoms with Crippen LogP contribution in [0, 0.1) is 12.5 Å². The van der Waals surface area contributed by atoms with Crippen LogP contribution in [0.1, 0.15) is 72.9 Å². The Labute approximate surface area is 212 Å². The van der Waals surface area contributed by atoms with Crippen molar-refractivity contribution in [3.8, 4) is 0 Å². The molecule has 1 saturated carbocycles. The van der Waals surface area contributed by atoms with Gasteiger partial charge in [-0.3, -0.25) is 4.79 Å². The van der Waals surface area contributed by atoms with E-state index >= 15 is 0 Å². The molecule has 0 radical (unpaired) electrons. The lowest BCUT2D eigenvalue weighted by Gasteiger charge is -2.32. The zero-order valence-corrected chi connectivity index (χ0v) is 20.5. The predicted octanol–water partition coefficient (Wildman–Crippen LogP) is 8.09. The van der Waals surface area contributed by atoms with E-state index in [2.05, 4.69) is 4.85 Å². The molecule has 37 heavy (non-hydrogen) atoms. The molecule has 200 valence electrons. The van der Waals surface area contributed by atoms with Crippen LogP contribution in [-0.2, 0) is 35.0 Å². The van der Waals surface area contributed by atoms with Gasteiger partial charge in [-0.25, -0.2) is 4.85 Å². The highest BCUT2D eigenvalue weighted by Gasteiger charge is 2.34. The minimum Gasteiger partial charge on any atom is -0.376 e. The summed E-state index contributed by atoms with van der Waals surface area (Å²) >= 11 is 0. The standard InChI is InChI=1S/C27H28F6N2O2/c1-17(36)35(15-18-11-22(27(31,32)33)14-23(12-18)34-2)16-20-13-21(26(28,29)30)9-10-24(20)25(37-3)19-7-5-4-6-8-19/h9-14,19,25H,4-8,15-16H2,1,3H3. The maximum absolute atomic E-state index is 13.6. The highest BCUT2D eigenvalue weighted by molar-refractivity contribution is 5.73. The number of methoxy groups -OCH3 is 1. The number of halogens is 6. The van der Waals surface area contributed by atoms with E-state index in [0.29, 0.717) is 11.6 Å². The molecule has 0 spiro atoms. The molecule has 1 aliphatic carbocycles. The monoisotopic (exact) mass is 526 g/mol. The zero-order valence-electron chi connectivity index (χ0n) is 20.5. The lowest BCUT2D eigenvalue weighted by Crippen LogP contribution is -2.29. The molecular weight excluding hydrogens is 498 g/mol. The largest absolute Gasteiger partial charge is 0.416 e. The number of hydrogen-bond acceptors (Lipinski definition) is 2. The second-order valence-electron chi connectivity index (χ2n) is 9.34. The minimum absolute atomic E-state index is 0.0557. The summed E-state index contributed by atoms with van der Waals surface area (Å²) in [7, 11) is 1.50. The second kappa shape index (κ2) is 11.5. The first-order valence-electron chi connectivity index (χ1n) is 11.9. The molecular formula is C27H28F6N2O2. The quantitative estimate of drug-likeness (QED) is 0.270. The van der Waals surface area contributed by atoms with Gasteiger partial charge in [0.25, 0.3) is 0 Å². The third kappa shape index (κ3) is 7.25. The number of carbonyl (C=O) groups excluding carboxylic acids is 1. The molecule has 0 heterocycles. The highest BCUT2D eigenvalue weighted by atomic mass is 19.4. The minimum atomic E-state index is -4.70. The number of benzene rings is 2. The first kappa shape index (κ1) is 28.5. The van der Waals surface area contributed by atoms with Crippen LogP contribution in [0.4, 0.5) is 32.0 Å². The van der Waals surface area contributed by atoms with Gasteiger partial charge in [0, 0.05) is 32.7 Å². The lowest BCUT2D eigenvalue weighted by molar-refractivity contribution is -0.138. The maximum atomic E-state index is 13.6. The lowest BCUT2D eigenvalue weighted by atomic mass is 9.81. The Bertz CT molecular complexity index is 1150. The topological polar surface area (TPSA) is 33.9 Å².